The summed E-state index contributed by atoms with van der Waals surface area (Å²) in [7, 11) is 0. The van der Waals surface area contributed by atoms with E-state index in [0.717, 1.165) is 19.3 Å². The standard InChI is InChI=1S/C10H15NO2/c1-7(12)11-10(6-5-9(10)13)8-3-2-4-8/h8H,2-6H2,1H3,(H,11,12)/t10-/m0/s1. The van der Waals surface area contributed by atoms with Crippen LogP contribution in [-0.2, 0) is 9.59 Å². The molecule has 2 aliphatic rings. The van der Waals surface area contributed by atoms with Crippen molar-refractivity contribution in [1.82, 2.24) is 5.32 Å². The van der Waals surface area contributed by atoms with Gasteiger partial charge < -0.3 is 5.32 Å². The first kappa shape index (κ1) is 8.73. The lowest BCUT2D eigenvalue weighted by molar-refractivity contribution is -0.143. The number of ketones is 1. The normalized spacial score (nSPS) is 33.5. The van der Waals surface area contributed by atoms with Gasteiger partial charge >= 0.3 is 0 Å². The molecule has 2 saturated carbocycles. The molecule has 2 fully saturated rings. The lowest BCUT2D eigenvalue weighted by Gasteiger charge is -2.50. The molecular formula is C10H15NO2. The molecular weight excluding hydrogens is 166 g/mol. The average molecular weight is 181 g/mol. The third-order valence-electron chi connectivity index (χ3n) is 3.45. The number of hydrogen-bond acceptors (Lipinski definition) is 2. The van der Waals surface area contributed by atoms with E-state index in [0.29, 0.717) is 12.3 Å². The Morgan fingerprint density at radius 3 is 2.46 bits per heavy atom. The van der Waals surface area contributed by atoms with Crippen molar-refractivity contribution in [2.75, 3.05) is 0 Å². The summed E-state index contributed by atoms with van der Waals surface area (Å²) < 4.78 is 0. The maximum Gasteiger partial charge on any atom is 0.217 e. The largest absolute Gasteiger partial charge is 0.344 e. The highest BCUT2D eigenvalue weighted by Crippen LogP contribution is 2.45. The predicted molar refractivity (Wildman–Crippen MR) is 48.1 cm³/mol. The first-order valence-corrected chi connectivity index (χ1v) is 4.97. The molecule has 0 unspecified atom stereocenters. The van der Waals surface area contributed by atoms with Crippen LogP contribution in [0.2, 0.25) is 0 Å². The number of carbonyl (C=O) groups excluding carboxylic acids is 2. The quantitative estimate of drug-likeness (QED) is 0.691. The highest BCUT2D eigenvalue weighted by atomic mass is 16.2. The number of carbonyl (C=O) groups is 2. The van der Waals surface area contributed by atoms with E-state index in [1.165, 1.54) is 13.3 Å². The molecule has 0 radical (unpaired) electrons. The van der Waals surface area contributed by atoms with E-state index in [9.17, 15) is 9.59 Å². The van der Waals surface area contributed by atoms with E-state index in [1.54, 1.807) is 0 Å². The zero-order valence-electron chi connectivity index (χ0n) is 7.93. The molecule has 0 spiro atoms. The fourth-order valence-electron chi connectivity index (χ4n) is 2.38. The Bertz CT molecular complexity index is 258. The first-order valence-electron chi connectivity index (χ1n) is 4.97. The Morgan fingerprint density at radius 2 is 2.23 bits per heavy atom. The number of Topliss-reactive ketones (excluding diaryl/α,β-unsaturated/α-hetero) is 1. The summed E-state index contributed by atoms with van der Waals surface area (Å²) in [5.74, 6) is 0.602. The molecule has 0 aliphatic heterocycles. The summed E-state index contributed by atoms with van der Waals surface area (Å²) in [6.07, 6.45) is 4.92. The zero-order valence-corrected chi connectivity index (χ0v) is 7.93. The first-order chi connectivity index (χ1) is 6.15. The predicted octanol–water partition coefficient (Wildman–Crippen LogP) is 1.02. The van der Waals surface area contributed by atoms with Crippen LogP contribution in [0.3, 0.4) is 0 Å². The van der Waals surface area contributed by atoms with Crippen LogP contribution in [0.15, 0.2) is 0 Å². The second-order valence-corrected chi connectivity index (χ2v) is 4.20. The van der Waals surface area contributed by atoms with Gasteiger partial charge in [0.05, 0.1) is 0 Å². The average Bonchev–Trinajstić information content (AvgIpc) is 1.96. The van der Waals surface area contributed by atoms with Crippen LogP contribution in [0.4, 0.5) is 0 Å². The molecule has 0 saturated heterocycles. The van der Waals surface area contributed by atoms with Crippen molar-refractivity contribution in [3.8, 4) is 0 Å². The van der Waals surface area contributed by atoms with Gasteiger partial charge in [-0.05, 0) is 25.2 Å². The van der Waals surface area contributed by atoms with Gasteiger partial charge in [-0.3, -0.25) is 9.59 Å². The molecule has 13 heavy (non-hydrogen) atoms. The van der Waals surface area contributed by atoms with Crippen LogP contribution in [0, 0.1) is 5.92 Å². The van der Waals surface area contributed by atoms with E-state index in [-0.39, 0.29) is 11.7 Å². The minimum Gasteiger partial charge on any atom is -0.344 e. The maximum atomic E-state index is 11.5. The molecule has 1 amide bonds. The van der Waals surface area contributed by atoms with Crippen molar-refractivity contribution in [3.05, 3.63) is 0 Å². The lowest BCUT2D eigenvalue weighted by Crippen LogP contribution is -2.66. The Hall–Kier alpha value is -0.860. The lowest BCUT2D eigenvalue weighted by atomic mass is 9.60. The third-order valence-corrected chi connectivity index (χ3v) is 3.45. The smallest absolute Gasteiger partial charge is 0.217 e. The van der Waals surface area contributed by atoms with Gasteiger partial charge in [0.25, 0.3) is 0 Å². The molecule has 2 aliphatic carbocycles. The van der Waals surface area contributed by atoms with Gasteiger partial charge in [-0.15, -0.1) is 0 Å². The van der Waals surface area contributed by atoms with Crippen LogP contribution in [0.1, 0.15) is 39.0 Å². The second-order valence-electron chi connectivity index (χ2n) is 4.20. The minimum absolute atomic E-state index is 0.0695. The number of rotatable bonds is 2. The summed E-state index contributed by atoms with van der Waals surface area (Å²) in [5.41, 5.74) is -0.440. The summed E-state index contributed by atoms with van der Waals surface area (Å²) >= 11 is 0. The number of hydrogen-bond donors (Lipinski definition) is 1. The molecule has 0 aromatic rings. The van der Waals surface area contributed by atoms with Crippen LogP contribution >= 0.6 is 0 Å². The van der Waals surface area contributed by atoms with Gasteiger partial charge in [-0.25, -0.2) is 0 Å². The van der Waals surface area contributed by atoms with Crippen LogP contribution in [-0.4, -0.2) is 17.2 Å². The molecule has 0 aromatic carbocycles. The molecule has 72 valence electrons. The van der Waals surface area contributed by atoms with Crippen molar-refractivity contribution in [1.29, 1.82) is 0 Å². The number of nitrogens with one attached hydrogen (secondary N) is 1. The van der Waals surface area contributed by atoms with Gasteiger partial charge in [-0.2, -0.15) is 0 Å². The van der Waals surface area contributed by atoms with Gasteiger partial charge in [0.15, 0.2) is 5.78 Å². The summed E-state index contributed by atoms with van der Waals surface area (Å²) in [6.45, 7) is 1.49. The Kier molecular flexibility index (Phi) is 1.90. The molecule has 2 rings (SSSR count). The van der Waals surface area contributed by atoms with E-state index in [1.807, 2.05) is 0 Å². The SMILES string of the molecule is CC(=O)N[C@]1(C2CCC2)CCC1=O. The van der Waals surface area contributed by atoms with Gasteiger partial charge in [0.2, 0.25) is 5.91 Å². The van der Waals surface area contributed by atoms with Crippen molar-refractivity contribution < 1.29 is 9.59 Å². The molecule has 3 heteroatoms. The summed E-state index contributed by atoms with van der Waals surface area (Å²) in [5, 5.41) is 2.86. The molecule has 1 N–H and O–H groups in total. The fourth-order valence-corrected chi connectivity index (χ4v) is 2.38. The van der Waals surface area contributed by atoms with Crippen molar-refractivity contribution >= 4 is 11.7 Å². The fraction of sp³-hybridized carbons (Fsp3) is 0.800. The van der Waals surface area contributed by atoms with E-state index in [4.69, 9.17) is 0 Å². The van der Waals surface area contributed by atoms with Crippen molar-refractivity contribution in [2.24, 2.45) is 5.92 Å². The molecule has 1 atom stereocenters. The maximum absolute atomic E-state index is 11.5. The van der Waals surface area contributed by atoms with Gasteiger partial charge in [0, 0.05) is 13.3 Å². The van der Waals surface area contributed by atoms with E-state index in [2.05, 4.69) is 5.32 Å². The minimum atomic E-state index is -0.440. The van der Waals surface area contributed by atoms with Crippen LogP contribution in [0.25, 0.3) is 0 Å². The molecule has 0 heterocycles. The Balaban J connectivity index is 2.10. The third kappa shape index (κ3) is 1.18. The highest BCUT2D eigenvalue weighted by Gasteiger charge is 2.53. The van der Waals surface area contributed by atoms with Crippen molar-refractivity contribution in [3.63, 3.8) is 0 Å². The molecule has 3 nitrogen and oxygen atoms in total. The van der Waals surface area contributed by atoms with Crippen LogP contribution < -0.4 is 5.32 Å². The van der Waals surface area contributed by atoms with Gasteiger partial charge in [-0.1, -0.05) is 6.42 Å². The van der Waals surface area contributed by atoms with E-state index < -0.39 is 5.54 Å². The zero-order chi connectivity index (χ0) is 9.47. The van der Waals surface area contributed by atoms with Crippen molar-refractivity contribution in [2.45, 2.75) is 44.6 Å². The topological polar surface area (TPSA) is 46.2 Å². The monoisotopic (exact) mass is 181 g/mol. The van der Waals surface area contributed by atoms with Gasteiger partial charge in [0.1, 0.15) is 5.54 Å². The summed E-state index contributed by atoms with van der Waals surface area (Å²) in [4.78, 5) is 22.5. The number of amides is 1. The summed E-state index contributed by atoms with van der Waals surface area (Å²) in [6, 6.07) is 0. The molecule has 0 aromatic heterocycles. The van der Waals surface area contributed by atoms with E-state index >= 15 is 0 Å². The second kappa shape index (κ2) is 2.82. The highest BCUT2D eigenvalue weighted by molar-refractivity contribution is 5.98. The van der Waals surface area contributed by atoms with Crippen LogP contribution in [0.5, 0.6) is 0 Å². The Morgan fingerprint density at radius 1 is 1.54 bits per heavy atom. The molecule has 0 bridgehead atoms. The Labute approximate surface area is 77.9 Å².